The topological polar surface area (TPSA) is 139 Å². The molecule has 0 aromatic carbocycles. The van der Waals surface area contributed by atoms with Crippen LogP contribution in [0.3, 0.4) is 0 Å². The third kappa shape index (κ3) is 4.90. The number of hydrogen-bond acceptors (Lipinski definition) is 8. The highest BCUT2D eigenvalue weighted by Crippen LogP contribution is 2.41. The monoisotopic (exact) mass is 460 g/mol. The Bertz CT molecular complexity index is 800. The summed E-state index contributed by atoms with van der Waals surface area (Å²) >= 11 is 0.991. The number of esters is 1. The number of methoxy groups -OCH3 is 1. The van der Waals surface area contributed by atoms with Gasteiger partial charge in [0, 0.05) is 25.4 Å². The summed E-state index contributed by atoms with van der Waals surface area (Å²) in [6.07, 6.45) is -1.36. The lowest BCUT2D eigenvalue weighted by molar-refractivity contribution is -0.165. The number of rotatable bonds is 7. The van der Waals surface area contributed by atoms with Gasteiger partial charge in [-0.3, -0.25) is 19.3 Å². The number of ether oxygens (including phenoxy) is 2. The molecule has 2 rings (SSSR count). The summed E-state index contributed by atoms with van der Waals surface area (Å²) in [5.41, 5.74) is -5.59. The Balaban J connectivity index is 2.18. The van der Waals surface area contributed by atoms with Crippen LogP contribution >= 0.6 is 11.8 Å². The molecule has 1 fully saturated rings. The number of carbonyl (C=O) groups excluding carboxylic acids is 3. The molecule has 0 aromatic heterocycles. The standard InChI is InChI=1S/C14H15F3N2O8S2/c1-5(20)27-13(26-2)6-3-28-11-8(10(22)19(11)9(6)12(23)24)18-7(21)4-29(25)14(15,16)17/h8,11,13H,3-4H2,1-2H3,(H,18,21)(H,23,24)/t8-,11-,13?,29?/m1/s1. The van der Waals surface area contributed by atoms with Crippen molar-refractivity contribution < 1.29 is 51.1 Å². The molecule has 2 N–H and O–H groups in total. The van der Waals surface area contributed by atoms with Crippen molar-refractivity contribution in [2.75, 3.05) is 18.6 Å². The van der Waals surface area contributed by atoms with Gasteiger partial charge in [0.25, 0.3) is 5.91 Å². The largest absolute Gasteiger partial charge is 0.477 e. The second-order valence-electron chi connectivity index (χ2n) is 5.75. The van der Waals surface area contributed by atoms with E-state index in [-0.39, 0.29) is 11.3 Å². The second-order valence-corrected chi connectivity index (χ2v) is 8.29. The smallest absolute Gasteiger partial charge is 0.471 e. The van der Waals surface area contributed by atoms with Crippen molar-refractivity contribution in [2.45, 2.75) is 30.1 Å². The maximum atomic E-state index is 12.4. The molecule has 15 heteroatoms. The van der Waals surface area contributed by atoms with Crippen LogP contribution in [0, 0.1) is 0 Å². The van der Waals surface area contributed by atoms with Crippen LogP contribution in [0.5, 0.6) is 0 Å². The molecule has 0 radical (unpaired) electrons. The van der Waals surface area contributed by atoms with Gasteiger partial charge in [-0.1, -0.05) is 0 Å². The number of thioether (sulfide) groups is 1. The van der Waals surface area contributed by atoms with Crippen LogP contribution in [-0.4, -0.2) is 79.8 Å². The summed E-state index contributed by atoms with van der Waals surface area (Å²) in [5.74, 6) is -5.85. The van der Waals surface area contributed by atoms with Crippen LogP contribution in [0.25, 0.3) is 0 Å². The molecule has 29 heavy (non-hydrogen) atoms. The van der Waals surface area contributed by atoms with Crippen molar-refractivity contribution in [1.29, 1.82) is 0 Å². The first-order chi connectivity index (χ1) is 13.4. The lowest BCUT2D eigenvalue weighted by Crippen LogP contribution is -2.71. The molecule has 4 atom stereocenters. The number of β-lactam (4-membered cyclic amide) rings is 1. The number of halogens is 3. The SMILES string of the molecule is COC(OC(C)=O)C1=C(C(=O)O)N2C(=O)[C@@H](NC(=O)CS(=O)C(F)(F)F)[C@H]2SC1. The van der Waals surface area contributed by atoms with Crippen LogP contribution in [0.2, 0.25) is 0 Å². The van der Waals surface area contributed by atoms with Gasteiger partial charge >= 0.3 is 17.4 Å². The minimum absolute atomic E-state index is 0.00671. The molecule has 2 aliphatic heterocycles. The second kappa shape index (κ2) is 8.71. The Hall–Kier alpha value is -2.13. The maximum Gasteiger partial charge on any atom is 0.471 e. The summed E-state index contributed by atoms with van der Waals surface area (Å²) in [7, 11) is -2.26. The Morgan fingerprint density at radius 1 is 1.41 bits per heavy atom. The predicted molar refractivity (Wildman–Crippen MR) is 91.3 cm³/mol. The molecule has 0 bridgehead atoms. The zero-order valence-corrected chi connectivity index (χ0v) is 16.5. The number of nitrogens with zero attached hydrogens (tertiary/aromatic N) is 1. The lowest BCUT2D eigenvalue weighted by Gasteiger charge is -2.49. The van der Waals surface area contributed by atoms with Crippen molar-refractivity contribution in [3.05, 3.63) is 11.3 Å². The number of carboxylic acid groups (broad SMARTS) is 1. The minimum atomic E-state index is -5.08. The van der Waals surface area contributed by atoms with Crippen LogP contribution in [-0.2, 0) is 39.5 Å². The number of alkyl halides is 3. The van der Waals surface area contributed by atoms with E-state index in [1.54, 1.807) is 0 Å². The van der Waals surface area contributed by atoms with E-state index in [4.69, 9.17) is 9.47 Å². The molecule has 2 heterocycles. The van der Waals surface area contributed by atoms with E-state index in [1.807, 2.05) is 5.32 Å². The van der Waals surface area contributed by atoms with Crippen molar-refractivity contribution in [3.8, 4) is 0 Å². The summed E-state index contributed by atoms with van der Waals surface area (Å²) in [6, 6.07) is -1.29. The number of fused-ring (bicyclic) bond motifs is 1. The fourth-order valence-electron chi connectivity index (χ4n) is 2.65. The van der Waals surface area contributed by atoms with Crippen molar-refractivity contribution in [3.63, 3.8) is 0 Å². The Kier molecular flexibility index (Phi) is 6.95. The molecular weight excluding hydrogens is 445 g/mol. The average Bonchev–Trinajstić information content (AvgIpc) is 2.61. The van der Waals surface area contributed by atoms with Gasteiger partial charge in [-0.25, -0.2) is 9.00 Å². The molecule has 2 unspecified atom stereocenters. The Morgan fingerprint density at radius 3 is 2.52 bits per heavy atom. The fraction of sp³-hybridized carbons (Fsp3) is 0.571. The molecule has 2 amide bonds. The maximum absolute atomic E-state index is 12.4. The summed E-state index contributed by atoms with van der Waals surface area (Å²) in [5, 5.41) is 10.6. The van der Waals surface area contributed by atoms with Gasteiger partial charge in [-0.15, -0.1) is 11.8 Å². The number of amides is 2. The van der Waals surface area contributed by atoms with E-state index in [0.29, 0.717) is 0 Å². The molecule has 0 spiro atoms. The lowest BCUT2D eigenvalue weighted by atomic mass is 10.0. The van der Waals surface area contributed by atoms with Crippen LogP contribution in [0.1, 0.15) is 6.92 Å². The molecule has 0 aliphatic carbocycles. The van der Waals surface area contributed by atoms with Gasteiger partial charge in [0.15, 0.2) is 0 Å². The number of nitrogens with one attached hydrogen (secondary N) is 1. The van der Waals surface area contributed by atoms with Crippen LogP contribution in [0.4, 0.5) is 13.2 Å². The fourth-order valence-corrected chi connectivity index (χ4v) is 4.50. The first-order valence-electron chi connectivity index (χ1n) is 7.74. The van der Waals surface area contributed by atoms with Gasteiger partial charge in [0.1, 0.15) is 33.7 Å². The highest BCUT2D eigenvalue weighted by Gasteiger charge is 2.55. The number of hydrogen-bond donors (Lipinski definition) is 2. The van der Waals surface area contributed by atoms with Crippen molar-refractivity contribution in [2.24, 2.45) is 0 Å². The van der Waals surface area contributed by atoms with Crippen LogP contribution in [0.15, 0.2) is 11.3 Å². The van der Waals surface area contributed by atoms with Crippen LogP contribution < -0.4 is 5.32 Å². The summed E-state index contributed by atoms with van der Waals surface area (Å²) < 4.78 is 57.7. The number of aliphatic carboxylic acids is 1. The molecule has 2 aliphatic rings. The van der Waals surface area contributed by atoms with E-state index >= 15 is 0 Å². The molecule has 0 saturated carbocycles. The Morgan fingerprint density at radius 2 is 2.03 bits per heavy atom. The van der Waals surface area contributed by atoms with Crippen molar-refractivity contribution in [1.82, 2.24) is 10.2 Å². The van der Waals surface area contributed by atoms with Gasteiger partial charge in [-0.05, 0) is 0 Å². The molecule has 10 nitrogen and oxygen atoms in total. The van der Waals surface area contributed by atoms with Gasteiger partial charge in [-0.2, -0.15) is 13.2 Å². The van der Waals surface area contributed by atoms with E-state index in [9.17, 15) is 41.7 Å². The van der Waals surface area contributed by atoms with E-state index in [1.165, 1.54) is 7.11 Å². The van der Waals surface area contributed by atoms with Crippen molar-refractivity contribution >= 4 is 46.3 Å². The average molecular weight is 460 g/mol. The quantitative estimate of drug-likeness (QED) is 0.293. The number of carbonyl (C=O) groups is 4. The van der Waals surface area contributed by atoms with E-state index in [2.05, 4.69) is 0 Å². The van der Waals surface area contributed by atoms with E-state index in [0.717, 1.165) is 23.6 Å². The number of carboxylic acids is 1. The summed E-state index contributed by atoms with van der Waals surface area (Å²) in [6.45, 7) is 1.08. The zero-order valence-electron chi connectivity index (χ0n) is 14.8. The first-order valence-corrected chi connectivity index (χ1v) is 10.1. The van der Waals surface area contributed by atoms with Gasteiger partial charge in [0.05, 0.1) is 0 Å². The highest BCUT2D eigenvalue weighted by molar-refractivity contribution is 8.00. The normalized spacial score (nSPS) is 23.6. The zero-order chi connectivity index (χ0) is 22.1. The predicted octanol–water partition coefficient (Wildman–Crippen LogP) is -0.471. The molecule has 0 aromatic rings. The third-order valence-corrected chi connectivity index (χ3v) is 6.15. The minimum Gasteiger partial charge on any atom is -0.477 e. The van der Waals surface area contributed by atoms with Gasteiger partial charge in [0.2, 0.25) is 12.2 Å². The third-order valence-electron chi connectivity index (χ3n) is 3.81. The first kappa shape index (κ1) is 23.2. The highest BCUT2D eigenvalue weighted by atomic mass is 32.2. The summed E-state index contributed by atoms with van der Waals surface area (Å²) in [4.78, 5) is 47.7. The molecular formula is C14H15F3N2O8S2. The Labute approximate surface area is 168 Å². The van der Waals surface area contributed by atoms with E-state index < -0.39 is 69.2 Å². The van der Waals surface area contributed by atoms with Gasteiger partial charge < -0.3 is 19.9 Å². The molecule has 162 valence electrons. The molecule has 1 saturated heterocycles.